The van der Waals surface area contributed by atoms with Crippen LogP contribution < -0.4 is 4.90 Å². The summed E-state index contributed by atoms with van der Waals surface area (Å²) in [4.78, 5) is 34.6. The van der Waals surface area contributed by atoms with E-state index in [0.29, 0.717) is 17.8 Å². The highest BCUT2D eigenvalue weighted by atomic mass is 16.5. The first-order valence-electron chi connectivity index (χ1n) is 10.5. The Balaban J connectivity index is 1.50. The molecule has 0 unspecified atom stereocenters. The highest BCUT2D eigenvalue weighted by Crippen LogP contribution is 2.32. The third-order valence-electron chi connectivity index (χ3n) is 5.63. The quantitative estimate of drug-likeness (QED) is 0.421. The second-order valence-corrected chi connectivity index (χ2v) is 7.74. The molecular weight excluding hydrogens is 378 g/mol. The van der Waals surface area contributed by atoms with Gasteiger partial charge in [0.1, 0.15) is 0 Å². The second kappa shape index (κ2) is 9.32. The molecule has 30 heavy (non-hydrogen) atoms. The summed E-state index contributed by atoms with van der Waals surface area (Å²) >= 11 is 0. The van der Waals surface area contributed by atoms with Gasteiger partial charge in [-0.1, -0.05) is 35.9 Å². The number of morpholine rings is 1. The molecular formula is C24H27N3O3. The van der Waals surface area contributed by atoms with Gasteiger partial charge in [-0.05, 0) is 37.1 Å². The number of imide groups is 1. The van der Waals surface area contributed by atoms with Crippen molar-refractivity contribution in [2.75, 3.05) is 44.3 Å². The van der Waals surface area contributed by atoms with Crippen molar-refractivity contribution in [2.45, 2.75) is 19.3 Å². The minimum Gasteiger partial charge on any atom is -0.379 e. The molecule has 0 spiro atoms. The molecule has 2 aliphatic heterocycles. The molecule has 6 nitrogen and oxygen atoms in total. The van der Waals surface area contributed by atoms with Gasteiger partial charge < -0.3 is 4.74 Å². The fourth-order valence-electron chi connectivity index (χ4n) is 3.93. The zero-order valence-corrected chi connectivity index (χ0v) is 17.3. The van der Waals surface area contributed by atoms with Gasteiger partial charge in [-0.3, -0.25) is 19.5 Å². The van der Waals surface area contributed by atoms with Gasteiger partial charge in [0, 0.05) is 38.0 Å². The zero-order chi connectivity index (χ0) is 20.9. The van der Waals surface area contributed by atoms with Crippen LogP contribution in [0.15, 0.2) is 53.5 Å². The number of nitrogens with zero attached hydrogens (tertiary/aromatic N) is 3. The van der Waals surface area contributed by atoms with Gasteiger partial charge in [0.05, 0.1) is 24.8 Å². The third kappa shape index (κ3) is 4.35. The van der Waals surface area contributed by atoms with Crippen molar-refractivity contribution in [1.82, 2.24) is 4.90 Å². The summed E-state index contributed by atoms with van der Waals surface area (Å²) in [6.45, 7) is 7.12. The lowest BCUT2D eigenvalue weighted by atomic mass is 9.89. The van der Waals surface area contributed by atoms with E-state index in [1.165, 1.54) is 4.90 Å². The van der Waals surface area contributed by atoms with E-state index >= 15 is 0 Å². The summed E-state index contributed by atoms with van der Waals surface area (Å²) in [6.07, 6.45) is 2.65. The van der Waals surface area contributed by atoms with E-state index in [0.717, 1.165) is 50.4 Å². The number of aryl methyl sites for hydroxylation is 1. The van der Waals surface area contributed by atoms with Crippen molar-refractivity contribution in [2.24, 2.45) is 4.99 Å². The maximum atomic E-state index is 13.3. The molecule has 0 radical (unpaired) electrons. The Morgan fingerprint density at radius 2 is 1.80 bits per heavy atom. The average molecular weight is 405 g/mol. The molecule has 0 aromatic heterocycles. The smallest absolute Gasteiger partial charge is 0.265 e. The fourth-order valence-corrected chi connectivity index (χ4v) is 3.93. The summed E-state index contributed by atoms with van der Waals surface area (Å²) in [5.41, 5.74) is 2.96. The number of benzene rings is 2. The van der Waals surface area contributed by atoms with E-state index < -0.39 is 5.92 Å². The molecule has 2 aliphatic rings. The fraction of sp³-hybridized carbons (Fsp3) is 0.375. The van der Waals surface area contributed by atoms with Crippen molar-refractivity contribution >= 4 is 23.7 Å². The highest BCUT2D eigenvalue weighted by Gasteiger charge is 2.38. The van der Waals surface area contributed by atoms with Crippen LogP contribution in [0.5, 0.6) is 0 Å². The predicted molar refractivity (Wildman–Crippen MR) is 117 cm³/mol. The molecule has 1 atom stereocenters. The standard InChI is InChI=1S/C24H27N3O3/c1-18-7-9-19(10-8-18)27-23(28)21-6-3-2-5-20(21)22(24(27)29)17-25-11-4-12-26-13-15-30-16-14-26/h2-3,5-10,17,22H,4,11-16H2,1H3/t22-/m1/s1. The number of ether oxygens (including phenoxy) is 1. The van der Waals surface area contributed by atoms with Crippen molar-refractivity contribution in [3.63, 3.8) is 0 Å². The molecule has 4 rings (SSSR count). The summed E-state index contributed by atoms with van der Waals surface area (Å²) in [5, 5.41) is 0. The molecule has 1 saturated heterocycles. The molecule has 0 saturated carbocycles. The number of anilines is 1. The largest absolute Gasteiger partial charge is 0.379 e. The summed E-state index contributed by atoms with van der Waals surface area (Å²) in [5.74, 6) is -1.08. The van der Waals surface area contributed by atoms with Gasteiger partial charge in [-0.15, -0.1) is 0 Å². The molecule has 2 amide bonds. The Bertz CT molecular complexity index is 933. The monoisotopic (exact) mass is 405 g/mol. The Labute approximate surface area is 177 Å². The number of rotatable bonds is 6. The van der Waals surface area contributed by atoms with Crippen molar-refractivity contribution in [3.8, 4) is 0 Å². The normalized spacial score (nSPS) is 20.0. The van der Waals surface area contributed by atoms with Gasteiger partial charge in [0.2, 0.25) is 5.91 Å². The lowest BCUT2D eigenvalue weighted by Crippen LogP contribution is -2.45. The summed E-state index contributed by atoms with van der Waals surface area (Å²) in [6, 6.07) is 14.8. The SMILES string of the molecule is Cc1ccc(N2C(=O)c3ccccc3[C@@H](C=NCCCN3CCOCC3)C2=O)cc1. The van der Waals surface area contributed by atoms with Crippen LogP contribution in [0.1, 0.15) is 33.8 Å². The van der Waals surface area contributed by atoms with E-state index in [9.17, 15) is 9.59 Å². The minimum absolute atomic E-state index is 0.250. The number of amides is 2. The Morgan fingerprint density at radius 1 is 1.07 bits per heavy atom. The van der Waals surface area contributed by atoms with E-state index in [2.05, 4.69) is 9.89 Å². The first-order chi connectivity index (χ1) is 14.6. The number of carbonyl (C=O) groups excluding carboxylic acids is 2. The molecule has 2 aromatic rings. The molecule has 156 valence electrons. The van der Waals surface area contributed by atoms with Gasteiger partial charge in [-0.25, -0.2) is 4.90 Å². The highest BCUT2D eigenvalue weighted by molar-refractivity contribution is 6.29. The number of fused-ring (bicyclic) bond motifs is 1. The van der Waals surface area contributed by atoms with Crippen LogP contribution in [0.4, 0.5) is 5.69 Å². The number of hydrogen-bond donors (Lipinski definition) is 0. The van der Waals surface area contributed by atoms with Gasteiger partial charge in [-0.2, -0.15) is 0 Å². The predicted octanol–water partition coefficient (Wildman–Crippen LogP) is 3.06. The lowest BCUT2D eigenvalue weighted by Gasteiger charge is -2.31. The van der Waals surface area contributed by atoms with Crippen molar-refractivity contribution < 1.29 is 14.3 Å². The summed E-state index contributed by atoms with van der Waals surface area (Å²) < 4.78 is 5.37. The maximum Gasteiger partial charge on any atom is 0.265 e. The molecule has 0 bridgehead atoms. The first kappa shape index (κ1) is 20.4. The molecule has 2 heterocycles. The molecule has 6 heteroatoms. The van der Waals surface area contributed by atoms with Gasteiger partial charge in [0.15, 0.2) is 0 Å². The first-order valence-corrected chi connectivity index (χ1v) is 10.5. The minimum atomic E-state index is -0.552. The molecule has 0 aliphatic carbocycles. The van der Waals surface area contributed by atoms with Crippen LogP contribution >= 0.6 is 0 Å². The molecule has 0 N–H and O–H groups in total. The van der Waals surface area contributed by atoms with E-state index in [-0.39, 0.29) is 11.8 Å². The van der Waals surface area contributed by atoms with E-state index in [1.807, 2.05) is 49.4 Å². The van der Waals surface area contributed by atoms with Crippen LogP contribution in [0.2, 0.25) is 0 Å². The zero-order valence-electron chi connectivity index (χ0n) is 17.3. The number of hydrogen-bond acceptors (Lipinski definition) is 5. The van der Waals surface area contributed by atoms with Crippen molar-refractivity contribution in [3.05, 3.63) is 65.2 Å². The van der Waals surface area contributed by atoms with Crippen LogP contribution in [0, 0.1) is 6.92 Å². The van der Waals surface area contributed by atoms with E-state index in [1.54, 1.807) is 12.3 Å². The van der Waals surface area contributed by atoms with Gasteiger partial charge >= 0.3 is 0 Å². The molecule has 2 aromatic carbocycles. The van der Waals surface area contributed by atoms with Crippen LogP contribution in [0.3, 0.4) is 0 Å². The third-order valence-corrected chi connectivity index (χ3v) is 5.63. The Hall–Kier alpha value is -2.83. The van der Waals surface area contributed by atoms with Gasteiger partial charge in [0.25, 0.3) is 5.91 Å². The van der Waals surface area contributed by atoms with Crippen LogP contribution in [-0.4, -0.2) is 62.3 Å². The van der Waals surface area contributed by atoms with E-state index in [4.69, 9.17) is 4.74 Å². The topological polar surface area (TPSA) is 62.2 Å². The number of aliphatic imine (C=N–C) groups is 1. The summed E-state index contributed by atoms with van der Waals surface area (Å²) in [7, 11) is 0. The Morgan fingerprint density at radius 3 is 2.57 bits per heavy atom. The van der Waals surface area contributed by atoms with Crippen molar-refractivity contribution in [1.29, 1.82) is 0 Å². The lowest BCUT2D eigenvalue weighted by molar-refractivity contribution is -0.118. The molecule has 1 fully saturated rings. The Kier molecular flexibility index (Phi) is 6.35. The van der Waals surface area contributed by atoms with Crippen LogP contribution in [0.25, 0.3) is 0 Å². The number of carbonyl (C=O) groups is 2. The average Bonchev–Trinajstić information content (AvgIpc) is 2.77. The second-order valence-electron chi connectivity index (χ2n) is 7.74. The maximum absolute atomic E-state index is 13.3. The van der Waals surface area contributed by atoms with Crippen LogP contribution in [-0.2, 0) is 9.53 Å².